The lowest BCUT2D eigenvalue weighted by molar-refractivity contribution is 1.17. The summed E-state index contributed by atoms with van der Waals surface area (Å²) in [6.45, 7) is 0.705. The largest absolute Gasteiger partial charge is 0.378 e. The maximum Gasteiger partial charge on any atom is 0.101 e. The summed E-state index contributed by atoms with van der Waals surface area (Å²) in [7, 11) is 0. The highest BCUT2D eigenvalue weighted by molar-refractivity contribution is 9.11. The molecular weight excluding hydrogens is 286 g/mol. The lowest BCUT2D eigenvalue weighted by atomic mass is 10.2. The first kappa shape index (κ1) is 11.1. The third kappa shape index (κ3) is 2.60. The predicted molar refractivity (Wildman–Crippen MR) is 68.3 cm³/mol. The average molecular weight is 294 g/mol. The Kier molecular flexibility index (Phi) is 3.54. The van der Waals surface area contributed by atoms with E-state index in [2.05, 4.69) is 32.3 Å². The Bertz CT molecular complexity index is 530. The fourth-order valence-corrected chi connectivity index (χ4v) is 2.68. The minimum Gasteiger partial charge on any atom is -0.378 e. The van der Waals surface area contributed by atoms with E-state index in [-0.39, 0.29) is 0 Å². The van der Waals surface area contributed by atoms with E-state index in [1.54, 1.807) is 29.8 Å². The van der Waals surface area contributed by atoms with E-state index in [9.17, 15) is 0 Å². The van der Waals surface area contributed by atoms with Crippen LogP contribution in [-0.2, 0) is 6.54 Å². The maximum absolute atomic E-state index is 8.90. The van der Waals surface area contributed by atoms with Crippen LogP contribution in [0, 0.1) is 11.3 Å². The predicted octanol–water partition coefficient (Wildman–Crippen LogP) is 3.39. The number of nitriles is 1. The van der Waals surface area contributed by atoms with E-state index in [0.717, 1.165) is 9.47 Å². The number of hydrogen-bond donors (Lipinski definition) is 1. The van der Waals surface area contributed by atoms with Crippen molar-refractivity contribution in [2.45, 2.75) is 6.54 Å². The smallest absolute Gasteiger partial charge is 0.101 e. The molecule has 0 atom stereocenters. The molecule has 0 saturated heterocycles. The van der Waals surface area contributed by atoms with E-state index in [1.165, 1.54) is 4.88 Å². The van der Waals surface area contributed by atoms with Gasteiger partial charge in [-0.15, -0.1) is 11.3 Å². The van der Waals surface area contributed by atoms with Crippen molar-refractivity contribution in [3.8, 4) is 6.07 Å². The Morgan fingerprint density at radius 1 is 1.44 bits per heavy atom. The molecule has 2 aromatic heterocycles. The second-order valence-electron chi connectivity index (χ2n) is 3.09. The van der Waals surface area contributed by atoms with Gasteiger partial charge in [0.25, 0.3) is 0 Å². The standard InChI is InChI=1S/C11H8BrN3S/c12-11-2-1-9(16-11)6-15-10-7-14-4-3-8(10)5-13/h1-4,7,15H,6H2. The number of anilines is 1. The topological polar surface area (TPSA) is 48.7 Å². The van der Waals surface area contributed by atoms with Crippen molar-refractivity contribution in [1.29, 1.82) is 5.26 Å². The zero-order valence-electron chi connectivity index (χ0n) is 8.27. The van der Waals surface area contributed by atoms with Gasteiger partial charge >= 0.3 is 0 Å². The van der Waals surface area contributed by atoms with Gasteiger partial charge in [0.1, 0.15) is 6.07 Å². The second kappa shape index (κ2) is 5.10. The Labute approximate surface area is 106 Å². The van der Waals surface area contributed by atoms with Gasteiger partial charge in [0.15, 0.2) is 0 Å². The number of nitrogens with zero attached hydrogens (tertiary/aromatic N) is 2. The van der Waals surface area contributed by atoms with Crippen molar-refractivity contribution in [3.63, 3.8) is 0 Å². The summed E-state index contributed by atoms with van der Waals surface area (Å²) in [6, 6.07) is 7.89. The Morgan fingerprint density at radius 2 is 2.31 bits per heavy atom. The highest BCUT2D eigenvalue weighted by atomic mass is 79.9. The van der Waals surface area contributed by atoms with Crippen LogP contribution >= 0.6 is 27.3 Å². The van der Waals surface area contributed by atoms with Crippen LogP contribution in [0.5, 0.6) is 0 Å². The van der Waals surface area contributed by atoms with E-state index in [0.29, 0.717) is 12.1 Å². The highest BCUT2D eigenvalue weighted by Crippen LogP contribution is 2.23. The molecule has 5 heteroatoms. The quantitative estimate of drug-likeness (QED) is 0.944. The van der Waals surface area contributed by atoms with Gasteiger partial charge in [-0.25, -0.2) is 0 Å². The molecule has 80 valence electrons. The van der Waals surface area contributed by atoms with Crippen LogP contribution in [0.25, 0.3) is 0 Å². The summed E-state index contributed by atoms with van der Waals surface area (Å²) in [5.74, 6) is 0. The van der Waals surface area contributed by atoms with Gasteiger partial charge in [-0.3, -0.25) is 4.98 Å². The lowest BCUT2D eigenvalue weighted by Crippen LogP contribution is -1.99. The number of hydrogen-bond acceptors (Lipinski definition) is 4. The van der Waals surface area contributed by atoms with Crippen molar-refractivity contribution in [2.75, 3.05) is 5.32 Å². The Morgan fingerprint density at radius 3 is 3.00 bits per heavy atom. The Balaban J connectivity index is 2.08. The molecule has 0 unspecified atom stereocenters. The number of pyridine rings is 1. The van der Waals surface area contributed by atoms with Crippen LogP contribution in [0.4, 0.5) is 5.69 Å². The summed E-state index contributed by atoms with van der Waals surface area (Å²) in [5, 5.41) is 12.1. The second-order valence-corrected chi connectivity index (χ2v) is 5.64. The third-order valence-corrected chi connectivity index (χ3v) is 3.65. The molecule has 0 radical (unpaired) electrons. The van der Waals surface area contributed by atoms with Crippen molar-refractivity contribution in [2.24, 2.45) is 0 Å². The molecule has 0 aliphatic heterocycles. The molecule has 0 aliphatic carbocycles. The minimum absolute atomic E-state index is 0.616. The van der Waals surface area contributed by atoms with Crippen LogP contribution in [-0.4, -0.2) is 4.98 Å². The van der Waals surface area contributed by atoms with Crippen LogP contribution in [0.1, 0.15) is 10.4 Å². The fraction of sp³-hybridized carbons (Fsp3) is 0.0909. The zero-order valence-corrected chi connectivity index (χ0v) is 10.7. The molecule has 0 spiro atoms. The SMILES string of the molecule is N#Cc1ccncc1NCc1ccc(Br)s1. The third-order valence-electron chi connectivity index (χ3n) is 2.02. The Hall–Kier alpha value is -1.38. The van der Waals surface area contributed by atoms with Crippen molar-refractivity contribution >= 4 is 33.0 Å². The van der Waals surface area contributed by atoms with Gasteiger partial charge in [0.2, 0.25) is 0 Å². The first-order valence-electron chi connectivity index (χ1n) is 4.62. The first-order chi connectivity index (χ1) is 7.79. The molecule has 0 bridgehead atoms. The molecule has 0 amide bonds. The number of halogens is 1. The normalized spacial score (nSPS) is 9.75. The molecule has 3 nitrogen and oxygen atoms in total. The maximum atomic E-state index is 8.90. The number of thiophene rings is 1. The molecule has 16 heavy (non-hydrogen) atoms. The lowest BCUT2D eigenvalue weighted by Gasteiger charge is -2.05. The van der Waals surface area contributed by atoms with E-state index < -0.39 is 0 Å². The van der Waals surface area contributed by atoms with Gasteiger partial charge in [-0.05, 0) is 34.1 Å². The fourth-order valence-electron chi connectivity index (χ4n) is 1.26. The summed E-state index contributed by atoms with van der Waals surface area (Å²) in [5.41, 5.74) is 1.39. The van der Waals surface area contributed by atoms with Crippen LogP contribution < -0.4 is 5.32 Å². The van der Waals surface area contributed by atoms with E-state index in [4.69, 9.17) is 5.26 Å². The summed E-state index contributed by atoms with van der Waals surface area (Å²) in [6.07, 6.45) is 3.28. The molecule has 0 aliphatic rings. The molecule has 1 N–H and O–H groups in total. The zero-order chi connectivity index (χ0) is 11.4. The molecule has 0 saturated carbocycles. The van der Waals surface area contributed by atoms with Gasteiger partial charge in [0.05, 0.1) is 21.2 Å². The van der Waals surface area contributed by atoms with Crippen LogP contribution in [0.3, 0.4) is 0 Å². The summed E-state index contributed by atoms with van der Waals surface area (Å²) in [4.78, 5) is 5.20. The van der Waals surface area contributed by atoms with Crippen molar-refractivity contribution < 1.29 is 0 Å². The van der Waals surface area contributed by atoms with Gasteiger partial charge in [-0.2, -0.15) is 5.26 Å². The molecule has 0 aromatic carbocycles. The highest BCUT2D eigenvalue weighted by Gasteiger charge is 2.02. The van der Waals surface area contributed by atoms with Gasteiger partial charge in [0, 0.05) is 17.6 Å². The number of nitrogens with one attached hydrogen (secondary N) is 1. The van der Waals surface area contributed by atoms with Crippen molar-refractivity contribution in [3.05, 3.63) is 44.8 Å². The van der Waals surface area contributed by atoms with E-state index >= 15 is 0 Å². The van der Waals surface area contributed by atoms with Gasteiger partial charge in [-0.1, -0.05) is 0 Å². The molecule has 2 heterocycles. The van der Waals surface area contributed by atoms with E-state index in [1.807, 2.05) is 12.1 Å². The first-order valence-corrected chi connectivity index (χ1v) is 6.23. The number of aromatic nitrogens is 1. The monoisotopic (exact) mass is 293 g/mol. The molecular formula is C11H8BrN3S. The minimum atomic E-state index is 0.616. The van der Waals surface area contributed by atoms with Crippen LogP contribution in [0.2, 0.25) is 0 Å². The molecule has 0 fully saturated rings. The summed E-state index contributed by atoms with van der Waals surface area (Å²) >= 11 is 5.08. The van der Waals surface area contributed by atoms with Crippen LogP contribution in [0.15, 0.2) is 34.4 Å². The van der Waals surface area contributed by atoms with Gasteiger partial charge < -0.3 is 5.32 Å². The molecule has 2 rings (SSSR count). The summed E-state index contributed by atoms with van der Waals surface area (Å²) < 4.78 is 1.11. The average Bonchev–Trinajstić information content (AvgIpc) is 2.73. The molecule has 2 aromatic rings. The van der Waals surface area contributed by atoms with Crippen molar-refractivity contribution in [1.82, 2.24) is 4.98 Å². The number of rotatable bonds is 3.